The minimum absolute atomic E-state index is 0.213. The number of hydrogen-bond donors (Lipinski definition) is 1. The Morgan fingerprint density at radius 1 is 1.30 bits per heavy atom. The number of likely N-dealkylation sites (N-methyl/N-ethyl adjacent to an activating group) is 1. The number of nitrogens with zero attached hydrogens (tertiary/aromatic N) is 1. The maximum absolute atomic E-state index is 12.5. The van der Waals surface area contributed by atoms with Gasteiger partial charge in [-0.05, 0) is 29.9 Å². The van der Waals surface area contributed by atoms with Gasteiger partial charge < -0.3 is 10.6 Å². The molecule has 2 atom stereocenters. The minimum atomic E-state index is 0.213. The first-order chi connectivity index (χ1) is 9.61. The van der Waals surface area contributed by atoms with Crippen molar-refractivity contribution in [1.82, 2.24) is 4.90 Å². The molecule has 1 aromatic rings. The predicted molar refractivity (Wildman–Crippen MR) is 82.2 cm³/mol. The molecule has 0 spiro atoms. The third-order valence-corrected chi connectivity index (χ3v) is 4.53. The lowest BCUT2D eigenvalue weighted by molar-refractivity contribution is -0.132. The Hall–Kier alpha value is -1.35. The molecule has 110 valence electrons. The molecule has 3 nitrogen and oxygen atoms in total. The van der Waals surface area contributed by atoms with Gasteiger partial charge in [0.2, 0.25) is 5.91 Å². The van der Waals surface area contributed by atoms with Crippen LogP contribution in [0.3, 0.4) is 0 Å². The molecule has 0 saturated heterocycles. The van der Waals surface area contributed by atoms with Crippen molar-refractivity contribution < 1.29 is 4.79 Å². The van der Waals surface area contributed by atoms with E-state index in [1.807, 2.05) is 36.2 Å². The Bertz CT molecular complexity index is 458. The van der Waals surface area contributed by atoms with Crippen LogP contribution >= 0.6 is 0 Å². The highest BCUT2D eigenvalue weighted by molar-refractivity contribution is 5.79. The second-order valence-corrected chi connectivity index (χ2v) is 6.08. The summed E-state index contributed by atoms with van der Waals surface area (Å²) in [4.78, 5) is 14.4. The second-order valence-electron chi connectivity index (χ2n) is 6.08. The largest absolute Gasteiger partial charge is 0.342 e. The molecule has 3 heteroatoms. The molecular formula is C17H26N2O. The quantitative estimate of drug-likeness (QED) is 0.917. The lowest BCUT2D eigenvalue weighted by atomic mass is 9.86. The van der Waals surface area contributed by atoms with Gasteiger partial charge in [0.05, 0.1) is 6.42 Å². The Labute approximate surface area is 122 Å². The van der Waals surface area contributed by atoms with E-state index in [0.29, 0.717) is 19.0 Å². The van der Waals surface area contributed by atoms with Crippen molar-refractivity contribution in [3.63, 3.8) is 0 Å². The predicted octanol–water partition coefficient (Wildman–Crippen LogP) is 2.72. The maximum atomic E-state index is 12.5. The summed E-state index contributed by atoms with van der Waals surface area (Å²) in [6.07, 6.45) is 5.29. The maximum Gasteiger partial charge on any atom is 0.226 e. The Balaban J connectivity index is 2.00. The van der Waals surface area contributed by atoms with E-state index in [0.717, 1.165) is 29.9 Å². The fourth-order valence-corrected chi connectivity index (χ4v) is 3.17. The molecule has 0 radical (unpaired) electrons. The molecule has 2 N–H and O–H groups in total. The fraction of sp³-hybridized carbons (Fsp3) is 0.588. The van der Waals surface area contributed by atoms with E-state index >= 15 is 0 Å². The van der Waals surface area contributed by atoms with Crippen molar-refractivity contribution in [2.24, 2.45) is 11.7 Å². The number of carbonyl (C=O) groups is 1. The van der Waals surface area contributed by atoms with Gasteiger partial charge in [-0.2, -0.15) is 0 Å². The number of carbonyl (C=O) groups excluding carboxylic acids is 1. The Morgan fingerprint density at radius 3 is 2.65 bits per heavy atom. The molecule has 1 fully saturated rings. The summed E-state index contributed by atoms with van der Waals surface area (Å²) < 4.78 is 0. The van der Waals surface area contributed by atoms with Crippen molar-refractivity contribution >= 4 is 5.91 Å². The molecule has 1 aliphatic carbocycles. The highest BCUT2D eigenvalue weighted by Crippen LogP contribution is 2.27. The zero-order chi connectivity index (χ0) is 14.5. The van der Waals surface area contributed by atoms with E-state index in [4.69, 9.17) is 5.73 Å². The first kappa shape index (κ1) is 15.0. The molecular weight excluding hydrogens is 248 g/mol. The van der Waals surface area contributed by atoms with Gasteiger partial charge in [0.15, 0.2) is 0 Å². The Morgan fingerprint density at radius 2 is 2.00 bits per heavy atom. The van der Waals surface area contributed by atoms with Crippen LogP contribution in [0.15, 0.2) is 24.3 Å². The minimum Gasteiger partial charge on any atom is -0.342 e. The average molecular weight is 274 g/mol. The number of nitrogens with two attached hydrogens (primary N) is 1. The average Bonchev–Trinajstić information content (AvgIpc) is 2.47. The number of benzene rings is 1. The fourth-order valence-electron chi connectivity index (χ4n) is 3.17. The molecule has 1 aliphatic rings. The van der Waals surface area contributed by atoms with Gasteiger partial charge in [-0.15, -0.1) is 0 Å². The summed E-state index contributed by atoms with van der Waals surface area (Å²) in [6, 6.07) is 8.38. The number of amides is 1. The van der Waals surface area contributed by atoms with Crippen molar-refractivity contribution in [1.29, 1.82) is 0 Å². The van der Waals surface area contributed by atoms with Gasteiger partial charge in [0.1, 0.15) is 0 Å². The van der Waals surface area contributed by atoms with Crippen LogP contribution in [0.1, 0.15) is 43.7 Å². The standard InChI is InChI=1S/C17H26N2O/c1-13-6-5-9-16(10-13)19(2)17(20)11-14-7-3-4-8-15(14)12-18/h3-4,7-8,13,16H,5-6,9-12,18H2,1-2H3. The zero-order valence-electron chi connectivity index (χ0n) is 12.6. The van der Waals surface area contributed by atoms with Crippen LogP contribution in [0.25, 0.3) is 0 Å². The molecule has 0 aromatic heterocycles. The first-order valence-corrected chi connectivity index (χ1v) is 7.64. The smallest absolute Gasteiger partial charge is 0.226 e. The van der Waals surface area contributed by atoms with Crippen LogP contribution in [0.5, 0.6) is 0 Å². The van der Waals surface area contributed by atoms with Gasteiger partial charge in [-0.1, -0.05) is 44.0 Å². The molecule has 1 saturated carbocycles. The van der Waals surface area contributed by atoms with E-state index in [1.165, 1.54) is 12.8 Å². The van der Waals surface area contributed by atoms with E-state index in [-0.39, 0.29) is 5.91 Å². The van der Waals surface area contributed by atoms with E-state index < -0.39 is 0 Å². The van der Waals surface area contributed by atoms with Crippen LogP contribution in [-0.2, 0) is 17.8 Å². The summed E-state index contributed by atoms with van der Waals surface area (Å²) in [6.45, 7) is 2.78. The van der Waals surface area contributed by atoms with Crippen LogP contribution in [0.4, 0.5) is 0 Å². The second kappa shape index (κ2) is 6.89. The molecule has 2 rings (SSSR count). The first-order valence-electron chi connectivity index (χ1n) is 7.64. The molecule has 0 bridgehead atoms. The van der Waals surface area contributed by atoms with Crippen LogP contribution < -0.4 is 5.73 Å². The number of rotatable bonds is 4. The Kier molecular flexibility index (Phi) is 5.18. The van der Waals surface area contributed by atoms with Crippen molar-refractivity contribution in [2.45, 2.75) is 51.6 Å². The highest BCUT2D eigenvalue weighted by Gasteiger charge is 2.25. The van der Waals surface area contributed by atoms with Gasteiger partial charge in [-0.25, -0.2) is 0 Å². The molecule has 0 aliphatic heterocycles. The van der Waals surface area contributed by atoms with Gasteiger partial charge in [-0.3, -0.25) is 4.79 Å². The van der Waals surface area contributed by atoms with E-state index in [1.54, 1.807) is 0 Å². The number of hydrogen-bond acceptors (Lipinski definition) is 2. The van der Waals surface area contributed by atoms with Gasteiger partial charge >= 0.3 is 0 Å². The SMILES string of the molecule is CC1CCCC(N(C)C(=O)Cc2ccccc2CN)C1. The molecule has 20 heavy (non-hydrogen) atoms. The highest BCUT2D eigenvalue weighted by atomic mass is 16.2. The third kappa shape index (κ3) is 3.60. The summed E-state index contributed by atoms with van der Waals surface area (Å²) in [7, 11) is 1.95. The normalized spacial score (nSPS) is 22.6. The summed E-state index contributed by atoms with van der Waals surface area (Å²) in [5.74, 6) is 0.949. The third-order valence-electron chi connectivity index (χ3n) is 4.53. The summed E-state index contributed by atoms with van der Waals surface area (Å²) in [5.41, 5.74) is 7.88. The zero-order valence-corrected chi connectivity index (χ0v) is 12.6. The van der Waals surface area contributed by atoms with Gasteiger partial charge in [0.25, 0.3) is 0 Å². The van der Waals surface area contributed by atoms with Crippen LogP contribution in [0, 0.1) is 5.92 Å². The van der Waals surface area contributed by atoms with Crippen LogP contribution in [-0.4, -0.2) is 23.9 Å². The van der Waals surface area contributed by atoms with Crippen LogP contribution in [0.2, 0.25) is 0 Å². The summed E-state index contributed by atoms with van der Waals surface area (Å²) >= 11 is 0. The summed E-state index contributed by atoms with van der Waals surface area (Å²) in [5, 5.41) is 0. The van der Waals surface area contributed by atoms with Crippen molar-refractivity contribution in [2.75, 3.05) is 7.05 Å². The molecule has 1 amide bonds. The van der Waals surface area contributed by atoms with E-state index in [9.17, 15) is 4.79 Å². The van der Waals surface area contributed by atoms with Crippen molar-refractivity contribution in [3.05, 3.63) is 35.4 Å². The molecule has 1 aromatic carbocycles. The molecule has 2 unspecified atom stereocenters. The van der Waals surface area contributed by atoms with Crippen molar-refractivity contribution in [3.8, 4) is 0 Å². The lowest BCUT2D eigenvalue weighted by Gasteiger charge is -2.34. The monoisotopic (exact) mass is 274 g/mol. The lowest BCUT2D eigenvalue weighted by Crippen LogP contribution is -2.40. The van der Waals surface area contributed by atoms with E-state index in [2.05, 4.69) is 6.92 Å². The molecule has 0 heterocycles. The van der Waals surface area contributed by atoms with Gasteiger partial charge in [0, 0.05) is 19.6 Å². The topological polar surface area (TPSA) is 46.3 Å².